The van der Waals surface area contributed by atoms with Crippen molar-refractivity contribution in [1.82, 2.24) is 15.4 Å². The van der Waals surface area contributed by atoms with Gasteiger partial charge in [0.2, 0.25) is 0 Å². The summed E-state index contributed by atoms with van der Waals surface area (Å²) in [5.74, 6) is 0.900. The lowest BCUT2D eigenvalue weighted by molar-refractivity contribution is 0.0962. The Kier molecular flexibility index (Phi) is 5.33. The van der Waals surface area contributed by atoms with Gasteiger partial charge in [0.25, 0.3) is 5.91 Å². The van der Waals surface area contributed by atoms with E-state index in [1.807, 2.05) is 18.2 Å². The van der Waals surface area contributed by atoms with E-state index in [-0.39, 0.29) is 5.91 Å². The van der Waals surface area contributed by atoms with Crippen molar-refractivity contribution in [2.45, 2.75) is 38.6 Å². The zero-order chi connectivity index (χ0) is 17.6. The highest BCUT2D eigenvalue weighted by molar-refractivity contribution is 5.95. The first-order valence-corrected chi connectivity index (χ1v) is 8.69. The van der Waals surface area contributed by atoms with Gasteiger partial charge in [-0.3, -0.25) is 15.6 Å². The van der Waals surface area contributed by atoms with Crippen molar-refractivity contribution in [2.75, 3.05) is 22.6 Å². The predicted molar refractivity (Wildman–Crippen MR) is 99.3 cm³/mol. The number of nitrogens with two attached hydrogens (primary N) is 1. The number of hydrogen-bond acceptors (Lipinski definition) is 6. The Morgan fingerprint density at radius 1 is 1.28 bits per heavy atom. The lowest BCUT2D eigenvalue weighted by Crippen LogP contribution is -2.40. The fourth-order valence-corrected chi connectivity index (χ4v) is 3.20. The summed E-state index contributed by atoms with van der Waals surface area (Å²) in [5.41, 5.74) is 12.7. The van der Waals surface area contributed by atoms with Crippen LogP contribution in [0.2, 0.25) is 0 Å². The van der Waals surface area contributed by atoms with Gasteiger partial charge in [0.15, 0.2) is 11.6 Å². The third-order valence-corrected chi connectivity index (χ3v) is 4.56. The molecule has 0 bridgehead atoms. The topological polar surface area (TPSA) is 96.2 Å². The van der Waals surface area contributed by atoms with Crippen molar-refractivity contribution in [3.8, 4) is 0 Å². The Hall–Kier alpha value is -2.83. The molecule has 3 rings (SSSR count). The predicted octanol–water partition coefficient (Wildman–Crippen LogP) is 2.58. The first-order chi connectivity index (χ1) is 12.2. The lowest BCUT2D eigenvalue weighted by Gasteiger charge is -2.36. The number of anilines is 3. The number of nitrogens with one attached hydrogen (secondary N) is 2. The number of amides is 1. The minimum Gasteiger partial charge on any atom is -0.393 e. The standard InChI is InChI=1S/C18H24N6O/c1-2-14-10-6-7-11-24(14)17-15(19)16(20-12-21-17)22-23-18(25)13-8-4-3-5-9-13/h3-5,8-9,12,14H,2,6-7,10-11,19H2,1H3,(H,23,25)(H,20,21,22). The van der Waals surface area contributed by atoms with Gasteiger partial charge < -0.3 is 10.6 Å². The molecule has 1 fully saturated rings. The maximum atomic E-state index is 12.1. The zero-order valence-electron chi connectivity index (χ0n) is 14.4. The van der Waals surface area contributed by atoms with Gasteiger partial charge >= 0.3 is 0 Å². The molecule has 1 unspecified atom stereocenters. The molecule has 0 saturated carbocycles. The molecule has 7 nitrogen and oxygen atoms in total. The monoisotopic (exact) mass is 340 g/mol. The van der Waals surface area contributed by atoms with E-state index in [9.17, 15) is 4.79 Å². The van der Waals surface area contributed by atoms with Crippen LogP contribution in [0.1, 0.15) is 43.0 Å². The normalized spacial score (nSPS) is 17.2. The van der Waals surface area contributed by atoms with Crippen LogP contribution in [0, 0.1) is 0 Å². The quantitative estimate of drug-likeness (QED) is 0.724. The summed E-state index contributed by atoms with van der Waals surface area (Å²) >= 11 is 0. The molecular weight excluding hydrogens is 316 g/mol. The Morgan fingerprint density at radius 3 is 2.84 bits per heavy atom. The fourth-order valence-electron chi connectivity index (χ4n) is 3.20. The molecule has 0 radical (unpaired) electrons. The number of aromatic nitrogens is 2. The molecule has 7 heteroatoms. The Labute approximate surface area is 147 Å². The van der Waals surface area contributed by atoms with Crippen LogP contribution in [0.25, 0.3) is 0 Å². The second-order valence-corrected chi connectivity index (χ2v) is 6.16. The average Bonchev–Trinajstić information content (AvgIpc) is 2.67. The maximum Gasteiger partial charge on any atom is 0.269 e. The van der Waals surface area contributed by atoms with Crippen LogP contribution >= 0.6 is 0 Å². The van der Waals surface area contributed by atoms with Crippen molar-refractivity contribution in [1.29, 1.82) is 0 Å². The lowest BCUT2D eigenvalue weighted by atomic mass is 10.00. The summed E-state index contributed by atoms with van der Waals surface area (Å²) in [4.78, 5) is 22.9. The molecule has 2 aromatic rings. The van der Waals surface area contributed by atoms with Gasteiger partial charge in [-0.25, -0.2) is 9.97 Å². The van der Waals surface area contributed by atoms with Crippen molar-refractivity contribution >= 4 is 23.2 Å². The Balaban J connectivity index is 1.74. The van der Waals surface area contributed by atoms with Crippen LogP contribution in [0.5, 0.6) is 0 Å². The van der Waals surface area contributed by atoms with Crippen LogP contribution < -0.4 is 21.5 Å². The van der Waals surface area contributed by atoms with Crippen molar-refractivity contribution in [3.63, 3.8) is 0 Å². The van der Waals surface area contributed by atoms with E-state index in [0.29, 0.717) is 23.1 Å². The third-order valence-electron chi connectivity index (χ3n) is 4.56. The zero-order valence-corrected chi connectivity index (χ0v) is 14.4. The Morgan fingerprint density at radius 2 is 2.08 bits per heavy atom. The molecule has 1 atom stereocenters. The number of carbonyl (C=O) groups excluding carboxylic acids is 1. The third kappa shape index (κ3) is 3.81. The number of nitrogen functional groups attached to an aromatic ring is 1. The van der Waals surface area contributed by atoms with E-state index in [2.05, 4.69) is 32.6 Å². The first kappa shape index (κ1) is 17.0. The van der Waals surface area contributed by atoms with Crippen molar-refractivity contribution in [2.24, 2.45) is 0 Å². The average molecular weight is 340 g/mol. The molecule has 4 N–H and O–H groups in total. The SMILES string of the molecule is CCC1CCCCN1c1ncnc(NNC(=O)c2ccccc2)c1N. The highest BCUT2D eigenvalue weighted by Gasteiger charge is 2.25. The summed E-state index contributed by atoms with van der Waals surface area (Å²) in [6, 6.07) is 9.41. The van der Waals surface area contributed by atoms with Crippen LogP contribution in [0.3, 0.4) is 0 Å². The van der Waals surface area contributed by atoms with Gasteiger partial charge in [0.05, 0.1) is 0 Å². The van der Waals surface area contributed by atoms with Crippen molar-refractivity contribution < 1.29 is 4.79 Å². The number of carbonyl (C=O) groups is 1. The maximum absolute atomic E-state index is 12.1. The second kappa shape index (κ2) is 7.83. The summed E-state index contributed by atoms with van der Waals surface area (Å²) in [5, 5.41) is 0. The molecule has 1 aromatic carbocycles. The summed E-state index contributed by atoms with van der Waals surface area (Å²) in [7, 11) is 0. The van der Waals surface area contributed by atoms with E-state index in [0.717, 1.165) is 31.6 Å². The summed E-state index contributed by atoms with van der Waals surface area (Å²) in [6.07, 6.45) is 6.04. The molecule has 0 spiro atoms. The molecule has 1 amide bonds. The number of hydrogen-bond donors (Lipinski definition) is 3. The molecule has 1 saturated heterocycles. The number of nitrogens with zero attached hydrogens (tertiary/aromatic N) is 3. The minimum absolute atomic E-state index is 0.246. The highest BCUT2D eigenvalue weighted by atomic mass is 16.2. The van der Waals surface area contributed by atoms with E-state index in [1.165, 1.54) is 12.7 Å². The van der Waals surface area contributed by atoms with Crippen molar-refractivity contribution in [3.05, 3.63) is 42.2 Å². The van der Waals surface area contributed by atoms with Gasteiger partial charge in [0.1, 0.15) is 12.0 Å². The molecule has 0 aliphatic carbocycles. The van der Waals surface area contributed by atoms with Crippen LogP contribution in [-0.4, -0.2) is 28.5 Å². The first-order valence-electron chi connectivity index (χ1n) is 8.69. The Bertz CT molecular complexity index is 721. The molecule has 1 aliphatic rings. The van der Waals surface area contributed by atoms with Gasteiger partial charge in [-0.1, -0.05) is 25.1 Å². The van der Waals surface area contributed by atoms with Gasteiger partial charge in [-0.15, -0.1) is 0 Å². The number of rotatable bonds is 5. The van der Waals surface area contributed by atoms with Gasteiger partial charge in [-0.2, -0.15) is 0 Å². The van der Waals surface area contributed by atoms with E-state index >= 15 is 0 Å². The minimum atomic E-state index is -0.246. The van der Waals surface area contributed by atoms with Crippen LogP contribution in [0.4, 0.5) is 17.3 Å². The molecule has 25 heavy (non-hydrogen) atoms. The van der Waals surface area contributed by atoms with Crippen LogP contribution in [-0.2, 0) is 0 Å². The fraction of sp³-hybridized carbons (Fsp3) is 0.389. The summed E-state index contributed by atoms with van der Waals surface area (Å²) < 4.78 is 0. The number of hydrazine groups is 1. The molecule has 1 aromatic heterocycles. The number of piperidine rings is 1. The van der Waals surface area contributed by atoms with Gasteiger partial charge in [-0.05, 0) is 37.8 Å². The van der Waals surface area contributed by atoms with E-state index in [4.69, 9.17) is 5.73 Å². The second-order valence-electron chi connectivity index (χ2n) is 6.16. The largest absolute Gasteiger partial charge is 0.393 e. The van der Waals surface area contributed by atoms with E-state index < -0.39 is 0 Å². The van der Waals surface area contributed by atoms with Gasteiger partial charge in [0, 0.05) is 18.2 Å². The highest BCUT2D eigenvalue weighted by Crippen LogP contribution is 2.31. The molecule has 1 aliphatic heterocycles. The molecule has 132 valence electrons. The number of benzene rings is 1. The van der Waals surface area contributed by atoms with Crippen LogP contribution in [0.15, 0.2) is 36.7 Å². The summed E-state index contributed by atoms with van der Waals surface area (Å²) in [6.45, 7) is 3.12. The molecular formula is C18H24N6O. The van der Waals surface area contributed by atoms with E-state index in [1.54, 1.807) is 12.1 Å². The molecule has 2 heterocycles. The smallest absolute Gasteiger partial charge is 0.269 e.